The zero-order valence-electron chi connectivity index (χ0n) is 12.1. The predicted octanol–water partition coefficient (Wildman–Crippen LogP) is 4.14. The van der Waals surface area contributed by atoms with Crippen LogP contribution in [0.3, 0.4) is 0 Å². The van der Waals surface area contributed by atoms with Crippen molar-refractivity contribution < 1.29 is 0 Å². The average Bonchev–Trinajstić information content (AvgIpc) is 2.79. The van der Waals surface area contributed by atoms with Crippen LogP contribution in [0.4, 0.5) is 0 Å². The Labute approximate surface area is 141 Å². The summed E-state index contributed by atoms with van der Waals surface area (Å²) >= 11 is 0. The summed E-state index contributed by atoms with van der Waals surface area (Å²) in [5.41, 5.74) is 8.39. The van der Waals surface area contributed by atoms with E-state index >= 15 is 0 Å². The number of halogens is 3. The van der Waals surface area contributed by atoms with E-state index in [4.69, 9.17) is 5.73 Å². The zero-order valence-corrected chi connectivity index (χ0v) is 14.5. The fourth-order valence-corrected chi connectivity index (χ4v) is 2.72. The second-order valence-corrected chi connectivity index (χ2v) is 5.10. The van der Waals surface area contributed by atoms with Crippen LogP contribution in [0.1, 0.15) is 42.9 Å². The molecule has 0 amide bonds. The summed E-state index contributed by atoms with van der Waals surface area (Å²) in [7, 11) is 0. The molecule has 0 aromatic heterocycles. The van der Waals surface area contributed by atoms with Crippen molar-refractivity contribution in [1.29, 1.82) is 0 Å². The Morgan fingerprint density at radius 1 is 1.10 bits per heavy atom. The van der Waals surface area contributed by atoms with Gasteiger partial charge in [0.05, 0.1) is 0 Å². The third kappa shape index (κ3) is 6.19. The third-order valence-electron chi connectivity index (χ3n) is 3.73. The number of rotatable bonds is 5. The van der Waals surface area contributed by atoms with Crippen LogP contribution in [0, 0.1) is 6.92 Å². The van der Waals surface area contributed by atoms with Crippen molar-refractivity contribution in [1.82, 2.24) is 4.90 Å². The molecule has 20 heavy (non-hydrogen) atoms. The molecule has 5 heteroatoms. The van der Waals surface area contributed by atoms with Gasteiger partial charge in [0.15, 0.2) is 0 Å². The van der Waals surface area contributed by atoms with Crippen molar-refractivity contribution >= 4 is 37.2 Å². The number of nitrogens with zero attached hydrogens (tertiary/aromatic N) is 1. The van der Waals surface area contributed by atoms with Crippen LogP contribution in [-0.4, -0.2) is 24.5 Å². The van der Waals surface area contributed by atoms with Crippen molar-refractivity contribution in [3.63, 3.8) is 0 Å². The fraction of sp³-hybridized carbons (Fsp3) is 0.600. The van der Waals surface area contributed by atoms with E-state index in [1.54, 1.807) is 0 Å². The molecular weight excluding hydrogens is 315 g/mol. The van der Waals surface area contributed by atoms with Gasteiger partial charge >= 0.3 is 0 Å². The topological polar surface area (TPSA) is 29.3 Å². The lowest BCUT2D eigenvalue weighted by Gasteiger charge is -2.24. The molecule has 1 saturated heterocycles. The standard InChI is InChI=1S/C15H24N2.3ClH/c1-13-6-8-14(9-7-13)15-5-4-12-17(15)11-3-2-10-16;;;/h6-9,15H,2-5,10-12,16H2,1H3;3*1H. The highest BCUT2D eigenvalue weighted by molar-refractivity contribution is 5.86. The first-order valence-corrected chi connectivity index (χ1v) is 6.82. The maximum absolute atomic E-state index is 5.56. The van der Waals surface area contributed by atoms with Crippen molar-refractivity contribution in [2.24, 2.45) is 5.73 Å². The Bertz CT molecular complexity index is 343. The van der Waals surface area contributed by atoms with E-state index in [1.807, 2.05) is 0 Å². The van der Waals surface area contributed by atoms with E-state index in [0.717, 1.165) is 13.0 Å². The molecule has 1 aliphatic heterocycles. The van der Waals surface area contributed by atoms with Crippen molar-refractivity contribution in [3.8, 4) is 0 Å². The first-order valence-electron chi connectivity index (χ1n) is 6.82. The highest BCUT2D eigenvalue weighted by Crippen LogP contribution is 2.31. The zero-order chi connectivity index (χ0) is 12.1. The minimum Gasteiger partial charge on any atom is -0.330 e. The van der Waals surface area contributed by atoms with Crippen LogP contribution in [0.15, 0.2) is 24.3 Å². The number of aryl methyl sites for hydroxylation is 1. The van der Waals surface area contributed by atoms with Gasteiger partial charge in [-0.2, -0.15) is 0 Å². The van der Waals surface area contributed by atoms with Crippen LogP contribution in [-0.2, 0) is 0 Å². The highest BCUT2D eigenvalue weighted by Gasteiger charge is 2.24. The van der Waals surface area contributed by atoms with E-state index in [-0.39, 0.29) is 37.2 Å². The molecule has 0 aliphatic carbocycles. The molecule has 1 heterocycles. The molecular formula is C15H27Cl3N2. The predicted molar refractivity (Wildman–Crippen MR) is 94.8 cm³/mol. The lowest BCUT2D eigenvalue weighted by Crippen LogP contribution is -2.24. The van der Waals surface area contributed by atoms with Crippen LogP contribution in [0.2, 0.25) is 0 Å². The number of unbranched alkanes of at least 4 members (excludes halogenated alkanes) is 1. The molecule has 1 aliphatic rings. The molecule has 1 aromatic carbocycles. The van der Waals surface area contributed by atoms with Gasteiger partial charge in [-0.05, 0) is 57.8 Å². The Morgan fingerprint density at radius 2 is 1.75 bits per heavy atom. The van der Waals surface area contributed by atoms with Gasteiger partial charge in [-0.15, -0.1) is 37.2 Å². The Hall–Kier alpha value is 0.01000. The number of hydrogen-bond acceptors (Lipinski definition) is 2. The van der Waals surface area contributed by atoms with E-state index in [1.165, 1.54) is 43.5 Å². The molecule has 1 fully saturated rings. The molecule has 2 nitrogen and oxygen atoms in total. The van der Waals surface area contributed by atoms with Crippen molar-refractivity contribution in [2.75, 3.05) is 19.6 Å². The quantitative estimate of drug-likeness (QED) is 0.816. The highest BCUT2D eigenvalue weighted by atomic mass is 35.5. The maximum atomic E-state index is 5.56. The average molecular weight is 342 g/mol. The smallest absolute Gasteiger partial charge is 0.0348 e. The van der Waals surface area contributed by atoms with Crippen LogP contribution >= 0.6 is 37.2 Å². The van der Waals surface area contributed by atoms with Gasteiger partial charge in [-0.1, -0.05) is 29.8 Å². The Morgan fingerprint density at radius 3 is 2.35 bits per heavy atom. The number of benzene rings is 1. The summed E-state index contributed by atoms with van der Waals surface area (Å²) in [4.78, 5) is 2.63. The molecule has 1 unspecified atom stereocenters. The van der Waals surface area contributed by atoms with Gasteiger partial charge in [-0.25, -0.2) is 0 Å². The van der Waals surface area contributed by atoms with E-state index < -0.39 is 0 Å². The normalized spacial score (nSPS) is 17.8. The van der Waals surface area contributed by atoms with Gasteiger partial charge in [0.25, 0.3) is 0 Å². The van der Waals surface area contributed by atoms with Gasteiger partial charge in [0.2, 0.25) is 0 Å². The maximum Gasteiger partial charge on any atom is 0.0348 e. The first-order chi connectivity index (χ1) is 8.31. The summed E-state index contributed by atoms with van der Waals surface area (Å²) in [6, 6.07) is 9.69. The molecule has 1 atom stereocenters. The molecule has 118 valence electrons. The lowest BCUT2D eigenvalue weighted by molar-refractivity contribution is 0.252. The van der Waals surface area contributed by atoms with Crippen molar-refractivity contribution in [3.05, 3.63) is 35.4 Å². The molecule has 0 bridgehead atoms. The summed E-state index contributed by atoms with van der Waals surface area (Å²) in [6.07, 6.45) is 5.03. The van der Waals surface area contributed by atoms with Gasteiger partial charge in [0, 0.05) is 6.04 Å². The molecule has 0 spiro atoms. The van der Waals surface area contributed by atoms with Crippen LogP contribution < -0.4 is 5.73 Å². The third-order valence-corrected chi connectivity index (χ3v) is 3.73. The molecule has 2 N–H and O–H groups in total. The molecule has 1 aromatic rings. The minimum atomic E-state index is 0. The summed E-state index contributed by atoms with van der Waals surface area (Å²) in [5.74, 6) is 0. The first kappa shape index (κ1) is 22.3. The van der Waals surface area contributed by atoms with Gasteiger partial charge in [0.1, 0.15) is 0 Å². The minimum absolute atomic E-state index is 0. The molecule has 2 rings (SSSR count). The molecule has 0 radical (unpaired) electrons. The van der Waals surface area contributed by atoms with E-state index in [9.17, 15) is 0 Å². The monoisotopic (exact) mass is 340 g/mol. The number of nitrogens with two attached hydrogens (primary N) is 1. The SMILES string of the molecule is Cc1ccc(C2CCCN2CCCCN)cc1.Cl.Cl.Cl. The lowest BCUT2D eigenvalue weighted by atomic mass is 10.0. The number of likely N-dealkylation sites (tertiary alicyclic amines) is 1. The second kappa shape index (κ2) is 11.6. The van der Waals surface area contributed by atoms with E-state index in [0.29, 0.717) is 6.04 Å². The van der Waals surface area contributed by atoms with E-state index in [2.05, 4.69) is 36.1 Å². The summed E-state index contributed by atoms with van der Waals surface area (Å²) in [6.45, 7) is 5.43. The fourth-order valence-electron chi connectivity index (χ4n) is 2.72. The van der Waals surface area contributed by atoms with Crippen LogP contribution in [0.5, 0.6) is 0 Å². The Kier molecular flexibility index (Phi) is 13.0. The van der Waals surface area contributed by atoms with Crippen molar-refractivity contribution in [2.45, 2.75) is 38.6 Å². The van der Waals surface area contributed by atoms with Gasteiger partial charge < -0.3 is 5.73 Å². The summed E-state index contributed by atoms with van der Waals surface area (Å²) < 4.78 is 0. The Balaban J connectivity index is 0. The number of hydrogen-bond donors (Lipinski definition) is 1. The summed E-state index contributed by atoms with van der Waals surface area (Å²) in [5, 5.41) is 0. The molecule has 0 saturated carbocycles. The van der Waals surface area contributed by atoms with Gasteiger partial charge in [-0.3, -0.25) is 4.90 Å². The largest absolute Gasteiger partial charge is 0.330 e. The van der Waals surface area contributed by atoms with Crippen LogP contribution in [0.25, 0.3) is 0 Å². The second-order valence-electron chi connectivity index (χ2n) is 5.10.